The van der Waals surface area contributed by atoms with Gasteiger partial charge in [-0.05, 0) is 19.9 Å². The first kappa shape index (κ1) is 19.2. The van der Waals surface area contributed by atoms with Gasteiger partial charge in [-0.3, -0.25) is 10.1 Å². The van der Waals surface area contributed by atoms with Gasteiger partial charge in [-0.25, -0.2) is 19.9 Å². The highest BCUT2D eigenvalue weighted by molar-refractivity contribution is 5.71. The van der Waals surface area contributed by atoms with Gasteiger partial charge in [0.2, 0.25) is 17.6 Å². The summed E-state index contributed by atoms with van der Waals surface area (Å²) >= 11 is 0. The van der Waals surface area contributed by atoms with Crippen molar-refractivity contribution >= 4 is 23.3 Å². The fourth-order valence-electron chi connectivity index (χ4n) is 3.91. The third kappa shape index (κ3) is 4.04. The van der Waals surface area contributed by atoms with Crippen LogP contribution < -0.4 is 14.7 Å². The smallest absolute Gasteiger partial charge is 0.353 e. The van der Waals surface area contributed by atoms with Crippen molar-refractivity contribution in [2.75, 3.05) is 54.0 Å². The molecule has 0 bridgehead atoms. The fraction of sp³-hybridized carbons (Fsp3) is 0.556. The lowest BCUT2D eigenvalue weighted by molar-refractivity contribution is -0.383. The summed E-state index contributed by atoms with van der Waals surface area (Å²) in [6.07, 6.45) is 4.79. The summed E-state index contributed by atoms with van der Waals surface area (Å²) in [7, 11) is 0. The van der Waals surface area contributed by atoms with Crippen LogP contribution in [0, 0.1) is 10.1 Å². The van der Waals surface area contributed by atoms with Crippen molar-refractivity contribution in [1.82, 2.24) is 19.9 Å². The van der Waals surface area contributed by atoms with E-state index in [9.17, 15) is 10.1 Å². The SMILES string of the molecule is CC1CN(c2ncnc(N3CCN(c4ncccn4)CC3)c2[N+](=O)[O-])CC(C)O1. The minimum Gasteiger partial charge on any atom is -0.372 e. The van der Waals surface area contributed by atoms with Gasteiger partial charge in [0.25, 0.3) is 0 Å². The molecule has 0 radical (unpaired) electrons. The minimum absolute atomic E-state index is 0.0220. The van der Waals surface area contributed by atoms with E-state index >= 15 is 0 Å². The highest BCUT2D eigenvalue weighted by atomic mass is 16.6. The predicted octanol–water partition coefficient (Wildman–Crippen LogP) is 1.11. The lowest BCUT2D eigenvalue weighted by Gasteiger charge is -2.37. The molecule has 2 aromatic heterocycles. The summed E-state index contributed by atoms with van der Waals surface area (Å²) in [6, 6.07) is 1.78. The van der Waals surface area contributed by atoms with E-state index in [1.807, 2.05) is 23.6 Å². The summed E-state index contributed by atoms with van der Waals surface area (Å²) in [5.41, 5.74) is -0.0433. The third-order valence-electron chi connectivity index (χ3n) is 5.10. The van der Waals surface area contributed by atoms with Gasteiger partial charge < -0.3 is 19.4 Å². The van der Waals surface area contributed by atoms with E-state index in [0.29, 0.717) is 56.9 Å². The number of piperazine rings is 1. The van der Waals surface area contributed by atoms with E-state index in [0.717, 1.165) is 0 Å². The number of ether oxygens (including phenoxy) is 1. The number of nitrogens with zero attached hydrogens (tertiary/aromatic N) is 8. The fourth-order valence-corrected chi connectivity index (χ4v) is 3.91. The van der Waals surface area contributed by atoms with E-state index in [-0.39, 0.29) is 22.8 Å². The molecule has 2 saturated heterocycles. The highest BCUT2D eigenvalue weighted by Crippen LogP contribution is 2.35. The van der Waals surface area contributed by atoms with Gasteiger partial charge in [0, 0.05) is 51.7 Å². The molecule has 29 heavy (non-hydrogen) atoms. The molecule has 0 N–H and O–H groups in total. The number of hydrogen-bond acceptors (Lipinski definition) is 10. The maximum absolute atomic E-state index is 12.0. The Hall–Kier alpha value is -3.08. The molecule has 4 rings (SSSR count). The Bertz CT molecular complexity index is 849. The van der Waals surface area contributed by atoms with Gasteiger partial charge in [0.05, 0.1) is 17.1 Å². The number of nitro groups is 1. The van der Waals surface area contributed by atoms with Crippen molar-refractivity contribution < 1.29 is 9.66 Å². The van der Waals surface area contributed by atoms with Crippen LogP contribution in [0.2, 0.25) is 0 Å². The Labute approximate surface area is 168 Å². The molecule has 2 aliphatic heterocycles. The molecule has 4 heterocycles. The van der Waals surface area contributed by atoms with E-state index in [4.69, 9.17) is 4.74 Å². The highest BCUT2D eigenvalue weighted by Gasteiger charge is 2.34. The molecule has 0 saturated carbocycles. The van der Waals surface area contributed by atoms with Crippen LogP contribution >= 0.6 is 0 Å². The van der Waals surface area contributed by atoms with Gasteiger partial charge in [0.15, 0.2) is 0 Å². The second-order valence-corrected chi connectivity index (χ2v) is 7.31. The summed E-state index contributed by atoms with van der Waals surface area (Å²) < 4.78 is 5.76. The summed E-state index contributed by atoms with van der Waals surface area (Å²) in [6.45, 7) is 7.53. The van der Waals surface area contributed by atoms with Gasteiger partial charge in [-0.2, -0.15) is 0 Å². The topological polar surface area (TPSA) is 114 Å². The van der Waals surface area contributed by atoms with Gasteiger partial charge in [-0.15, -0.1) is 0 Å². The van der Waals surface area contributed by atoms with E-state index in [1.165, 1.54) is 6.33 Å². The quantitative estimate of drug-likeness (QED) is 0.546. The van der Waals surface area contributed by atoms with Crippen LogP contribution in [-0.4, -0.2) is 76.3 Å². The molecule has 2 fully saturated rings. The van der Waals surface area contributed by atoms with Crippen LogP contribution in [0.5, 0.6) is 0 Å². The van der Waals surface area contributed by atoms with Crippen molar-refractivity contribution in [1.29, 1.82) is 0 Å². The Morgan fingerprint density at radius 1 is 0.931 bits per heavy atom. The van der Waals surface area contributed by atoms with E-state index in [2.05, 4.69) is 24.8 Å². The second-order valence-electron chi connectivity index (χ2n) is 7.31. The molecule has 2 atom stereocenters. The molecule has 0 aliphatic carbocycles. The van der Waals surface area contributed by atoms with Crippen LogP contribution in [0.25, 0.3) is 0 Å². The molecule has 11 nitrogen and oxygen atoms in total. The Morgan fingerprint density at radius 3 is 2.07 bits per heavy atom. The molecule has 0 amide bonds. The van der Waals surface area contributed by atoms with Crippen LogP contribution in [0.1, 0.15) is 13.8 Å². The molecule has 154 valence electrons. The zero-order valence-electron chi connectivity index (χ0n) is 16.5. The first-order valence-electron chi connectivity index (χ1n) is 9.69. The van der Waals surface area contributed by atoms with Gasteiger partial charge in [0.1, 0.15) is 6.33 Å². The van der Waals surface area contributed by atoms with Crippen LogP contribution in [0.4, 0.5) is 23.3 Å². The summed E-state index contributed by atoms with van der Waals surface area (Å²) in [5.74, 6) is 1.39. The average Bonchev–Trinajstić information content (AvgIpc) is 2.73. The zero-order valence-corrected chi connectivity index (χ0v) is 16.5. The maximum atomic E-state index is 12.0. The molecular formula is C18H24N8O3. The third-order valence-corrected chi connectivity index (χ3v) is 5.10. The second kappa shape index (κ2) is 8.11. The van der Waals surface area contributed by atoms with Crippen LogP contribution in [0.15, 0.2) is 24.8 Å². The molecule has 2 aromatic rings. The Morgan fingerprint density at radius 2 is 1.48 bits per heavy atom. The normalized spacial score (nSPS) is 22.6. The molecule has 0 spiro atoms. The lowest BCUT2D eigenvalue weighted by Crippen LogP contribution is -2.48. The summed E-state index contributed by atoms with van der Waals surface area (Å²) in [5, 5.41) is 12.0. The standard InChI is InChI=1S/C18H24N8O3/c1-13-10-25(11-14(2)29-13)17-15(26(27)28)16(21-12-22-17)23-6-8-24(9-7-23)18-19-4-3-5-20-18/h3-5,12-14H,6-11H2,1-2H3. The zero-order chi connectivity index (χ0) is 20.4. The molecule has 11 heteroatoms. The van der Waals surface area contributed by atoms with Gasteiger partial charge in [-0.1, -0.05) is 0 Å². The minimum atomic E-state index is -0.373. The molecular weight excluding hydrogens is 376 g/mol. The van der Waals surface area contributed by atoms with Crippen molar-refractivity contribution in [2.45, 2.75) is 26.1 Å². The molecule has 0 aromatic carbocycles. The van der Waals surface area contributed by atoms with Crippen molar-refractivity contribution in [3.05, 3.63) is 34.9 Å². The number of anilines is 3. The number of aromatic nitrogens is 4. The first-order chi connectivity index (χ1) is 14.0. The van der Waals surface area contributed by atoms with Crippen molar-refractivity contribution in [2.24, 2.45) is 0 Å². The Kier molecular flexibility index (Phi) is 5.38. The van der Waals surface area contributed by atoms with Crippen molar-refractivity contribution in [3.63, 3.8) is 0 Å². The van der Waals surface area contributed by atoms with Crippen molar-refractivity contribution in [3.8, 4) is 0 Å². The maximum Gasteiger partial charge on any atom is 0.353 e. The predicted molar refractivity (Wildman–Crippen MR) is 107 cm³/mol. The van der Waals surface area contributed by atoms with E-state index < -0.39 is 0 Å². The monoisotopic (exact) mass is 400 g/mol. The number of morpholine rings is 1. The summed E-state index contributed by atoms with van der Waals surface area (Å²) in [4.78, 5) is 34.7. The largest absolute Gasteiger partial charge is 0.372 e. The van der Waals surface area contributed by atoms with Crippen LogP contribution in [0.3, 0.4) is 0 Å². The lowest BCUT2D eigenvalue weighted by atomic mass is 10.2. The van der Waals surface area contributed by atoms with Crippen LogP contribution in [-0.2, 0) is 4.74 Å². The van der Waals surface area contributed by atoms with Gasteiger partial charge >= 0.3 is 5.69 Å². The first-order valence-corrected chi connectivity index (χ1v) is 9.69. The molecule has 2 aliphatic rings. The number of hydrogen-bond donors (Lipinski definition) is 0. The number of rotatable bonds is 4. The Balaban J connectivity index is 1.57. The van der Waals surface area contributed by atoms with E-state index in [1.54, 1.807) is 18.5 Å². The molecule has 2 unspecified atom stereocenters. The average molecular weight is 400 g/mol.